The summed E-state index contributed by atoms with van der Waals surface area (Å²) in [4.78, 5) is 15.4. The zero-order chi connectivity index (χ0) is 14.1. The molecule has 102 valence electrons. The number of aromatic nitrogens is 2. The number of carbonyl (C=O) groups is 1. The molecule has 1 N–H and O–H groups in total. The van der Waals surface area contributed by atoms with Crippen LogP contribution in [0.15, 0.2) is 40.8 Å². The molecule has 5 nitrogen and oxygen atoms in total. The molecule has 3 aromatic rings. The Bertz CT molecular complexity index is 770. The second-order valence-electron chi connectivity index (χ2n) is 4.53. The van der Waals surface area contributed by atoms with Gasteiger partial charge in [0.25, 0.3) is 0 Å². The molecule has 0 aliphatic carbocycles. The number of carboxylic acids is 1. The van der Waals surface area contributed by atoms with Gasteiger partial charge < -0.3 is 14.1 Å². The molecular weight excluding hydrogens is 256 g/mol. The molecule has 0 radical (unpaired) electrons. The summed E-state index contributed by atoms with van der Waals surface area (Å²) < 4.78 is 7.37. The average Bonchev–Trinajstić information content (AvgIpc) is 3.04. The highest BCUT2D eigenvalue weighted by Gasteiger charge is 2.13. The predicted octanol–water partition coefficient (Wildman–Crippen LogP) is 2.94. The fourth-order valence-corrected chi connectivity index (χ4v) is 2.31. The number of rotatable bonds is 4. The number of carboxylic acid groups (broad SMARTS) is 1. The van der Waals surface area contributed by atoms with Crippen molar-refractivity contribution in [2.24, 2.45) is 0 Å². The maximum absolute atomic E-state index is 10.8. The first kappa shape index (κ1) is 12.5. The van der Waals surface area contributed by atoms with Crippen molar-refractivity contribution in [1.29, 1.82) is 0 Å². The van der Waals surface area contributed by atoms with Crippen LogP contribution in [0, 0.1) is 0 Å². The average molecular weight is 270 g/mol. The van der Waals surface area contributed by atoms with E-state index in [4.69, 9.17) is 9.52 Å². The maximum Gasteiger partial charge on any atom is 0.371 e. The van der Waals surface area contributed by atoms with Gasteiger partial charge >= 0.3 is 5.97 Å². The fourth-order valence-electron chi connectivity index (χ4n) is 2.31. The molecule has 1 aromatic carbocycles. The molecule has 2 aromatic heterocycles. The molecular formula is C15H14N2O3. The number of hydrogen-bond acceptors (Lipinski definition) is 3. The zero-order valence-corrected chi connectivity index (χ0v) is 11.0. The van der Waals surface area contributed by atoms with Gasteiger partial charge in [0.15, 0.2) is 0 Å². The Kier molecular flexibility index (Phi) is 3.02. The molecule has 0 fully saturated rings. The Hall–Kier alpha value is -2.56. The van der Waals surface area contributed by atoms with Crippen molar-refractivity contribution in [3.05, 3.63) is 53.7 Å². The van der Waals surface area contributed by atoms with E-state index in [2.05, 4.69) is 9.55 Å². The molecule has 0 saturated heterocycles. The third-order valence-electron chi connectivity index (χ3n) is 3.24. The molecule has 0 aliphatic rings. The topological polar surface area (TPSA) is 68.3 Å². The molecule has 2 heterocycles. The number of aryl methyl sites for hydroxylation is 1. The Morgan fingerprint density at radius 2 is 2.10 bits per heavy atom. The summed E-state index contributed by atoms with van der Waals surface area (Å²) in [5.74, 6) is 0.477. The number of fused-ring (bicyclic) bond motifs is 1. The molecule has 0 amide bonds. The second kappa shape index (κ2) is 4.85. The normalized spacial score (nSPS) is 11.1. The van der Waals surface area contributed by atoms with Crippen LogP contribution in [0.25, 0.3) is 11.0 Å². The van der Waals surface area contributed by atoms with Crippen molar-refractivity contribution in [1.82, 2.24) is 9.55 Å². The van der Waals surface area contributed by atoms with Gasteiger partial charge in [0.2, 0.25) is 5.76 Å². The first-order valence-electron chi connectivity index (χ1n) is 6.45. The lowest BCUT2D eigenvalue weighted by molar-refractivity contribution is 0.0660. The summed E-state index contributed by atoms with van der Waals surface area (Å²) in [6.07, 6.45) is 0.807. The van der Waals surface area contributed by atoms with E-state index >= 15 is 0 Å². The number of furan rings is 1. The monoisotopic (exact) mass is 270 g/mol. The lowest BCUT2D eigenvalue weighted by atomic mass is 10.3. The lowest BCUT2D eigenvalue weighted by Gasteiger charge is -2.05. The van der Waals surface area contributed by atoms with Crippen LogP contribution in [0.5, 0.6) is 0 Å². The Labute approximate surface area is 115 Å². The van der Waals surface area contributed by atoms with Crippen molar-refractivity contribution < 1.29 is 14.3 Å². The number of imidazole rings is 1. The highest BCUT2D eigenvalue weighted by molar-refractivity contribution is 5.84. The summed E-state index contributed by atoms with van der Waals surface area (Å²) in [6, 6.07) is 11.1. The molecule has 0 aliphatic heterocycles. The van der Waals surface area contributed by atoms with E-state index in [-0.39, 0.29) is 5.76 Å². The van der Waals surface area contributed by atoms with Gasteiger partial charge in [0, 0.05) is 6.42 Å². The molecule has 5 heteroatoms. The van der Waals surface area contributed by atoms with Crippen molar-refractivity contribution in [2.75, 3.05) is 0 Å². The molecule has 0 saturated carbocycles. The molecule has 0 bridgehead atoms. The van der Waals surface area contributed by atoms with Gasteiger partial charge in [0.1, 0.15) is 11.6 Å². The van der Waals surface area contributed by atoms with Gasteiger partial charge in [-0.3, -0.25) is 0 Å². The highest BCUT2D eigenvalue weighted by atomic mass is 16.4. The smallest absolute Gasteiger partial charge is 0.371 e. The standard InChI is InChI=1S/C15H14N2O3/c1-2-14-16-11-5-3-4-6-12(11)17(14)9-10-7-8-13(20-10)15(18)19/h3-8H,2,9H2,1H3,(H,18,19). The van der Waals surface area contributed by atoms with E-state index in [1.807, 2.05) is 31.2 Å². The first-order valence-corrected chi connectivity index (χ1v) is 6.45. The molecule has 0 unspecified atom stereocenters. The molecule has 20 heavy (non-hydrogen) atoms. The van der Waals surface area contributed by atoms with Crippen LogP contribution in [0.4, 0.5) is 0 Å². The van der Waals surface area contributed by atoms with Crippen molar-refractivity contribution >= 4 is 17.0 Å². The minimum Gasteiger partial charge on any atom is -0.475 e. The highest BCUT2D eigenvalue weighted by Crippen LogP contribution is 2.19. The van der Waals surface area contributed by atoms with Crippen LogP contribution in [0.3, 0.4) is 0 Å². The van der Waals surface area contributed by atoms with Crippen molar-refractivity contribution in [3.8, 4) is 0 Å². The van der Waals surface area contributed by atoms with Gasteiger partial charge in [-0.05, 0) is 24.3 Å². The molecule has 0 spiro atoms. The van der Waals surface area contributed by atoms with Crippen LogP contribution >= 0.6 is 0 Å². The van der Waals surface area contributed by atoms with E-state index in [1.165, 1.54) is 6.07 Å². The minimum atomic E-state index is -1.05. The number of para-hydroxylation sites is 2. The summed E-state index contributed by atoms with van der Waals surface area (Å²) >= 11 is 0. The van der Waals surface area contributed by atoms with Crippen LogP contribution < -0.4 is 0 Å². The van der Waals surface area contributed by atoms with Crippen LogP contribution in [-0.2, 0) is 13.0 Å². The van der Waals surface area contributed by atoms with Crippen LogP contribution in [-0.4, -0.2) is 20.6 Å². The largest absolute Gasteiger partial charge is 0.475 e. The third-order valence-corrected chi connectivity index (χ3v) is 3.24. The van der Waals surface area contributed by atoms with Gasteiger partial charge in [-0.2, -0.15) is 0 Å². The Morgan fingerprint density at radius 1 is 1.30 bits per heavy atom. The number of benzene rings is 1. The summed E-state index contributed by atoms with van der Waals surface area (Å²) in [7, 11) is 0. The Balaban J connectivity index is 2.02. The first-order chi connectivity index (χ1) is 9.69. The van der Waals surface area contributed by atoms with Crippen LogP contribution in [0.1, 0.15) is 29.1 Å². The van der Waals surface area contributed by atoms with Crippen LogP contribution in [0.2, 0.25) is 0 Å². The number of aromatic carboxylic acids is 1. The van der Waals surface area contributed by atoms with E-state index in [0.29, 0.717) is 12.3 Å². The van der Waals surface area contributed by atoms with Crippen molar-refractivity contribution in [3.63, 3.8) is 0 Å². The van der Waals surface area contributed by atoms with Gasteiger partial charge in [0.05, 0.1) is 17.6 Å². The van der Waals surface area contributed by atoms with E-state index in [1.54, 1.807) is 6.07 Å². The quantitative estimate of drug-likeness (QED) is 0.791. The van der Waals surface area contributed by atoms with Gasteiger partial charge in [-0.15, -0.1) is 0 Å². The third kappa shape index (κ3) is 2.07. The number of nitrogens with zero attached hydrogens (tertiary/aromatic N) is 2. The second-order valence-corrected chi connectivity index (χ2v) is 4.53. The maximum atomic E-state index is 10.8. The summed E-state index contributed by atoms with van der Waals surface area (Å²) in [5.41, 5.74) is 1.96. The molecule has 0 atom stereocenters. The summed E-state index contributed by atoms with van der Waals surface area (Å²) in [5, 5.41) is 8.88. The van der Waals surface area contributed by atoms with E-state index in [0.717, 1.165) is 23.3 Å². The van der Waals surface area contributed by atoms with Crippen molar-refractivity contribution in [2.45, 2.75) is 19.9 Å². The lowest BCUT2D eigenvalue weighted by Crippen LogP contribution is -2.03. The fraction of sp³-hybridized carbons (Fsp3) is 0.200. The Morgan fingerprint density at radius 3 is 2.80 bits per heavy atom. The van der Waals surface area contributed by atoms with Gasteiger partial charge in [-0.25, -0.2) is 9.78 Å². The number of hydrogen-bond donors (Lipinski definition) is 1. The van der Waals surface area contributed by atoms with Gasteiger partial charge in [-0.1, -0.05) is 19.1 Å². The van der Waals surface area contributed by atoms with E-state index in [9.17, 15) is 4.79 Å². The summed E-state index contributed by atoms with van der Waals surface area (Å²) in [6.45, 7) is 2.53. The predicted molar refractivity (Wildman–Crippen MR) is 73.9 cm³/mol. The van der Waals surface area contributed by atoms with E-state index < -0.39 is 5.97 Å². The minimum absolute atomic E-state index is 0.0394. The zero-order valence-electron chi connectivity index (χ0n) is 11.0. The SMILES string of the molecule is CCc1nc2ccccc2n1Cc1ccc(C(=O)O)o1. The molecule has 3 rings (SSSR count).